The first-order chi connectivity index (χ1) is 11.1. The van der Waals surface area contributed by atoms with Crippen molar-refractivity contribution in [2.45, 2.75) is 64.5 Å². The van der Waals surface area contributed by atoms with Crippen molar-refractivity contribution >= 4 is 0 Å². The lowest BCUT2D eigenvalue weighted by atomic mass is 9.89. The van der Waals surface area contributed by atoms with Gasteiger partial charge in [-0.25, -0.2) is 0 Å². The maximum absolute atomic E-state index is 9.84. The number of hydrogen-bond acceptors (Lipinski definition) is 6. The molecular formula is C17H24N4O2. The molecule has 1 saturated carbocycles. The Hall–Kier alpha value is -1.95. The summed E-state index contributed by atoms with van der Waals surface area (Å²) in [6.07, 6.45) is 6.12. The Bertz CT molecular complexity index is 650. The lowest BCUT2D eigenvalue weighted by Gasteiger charge is -2.17. The minimum Gasteiger partial charge on any atom is -0.506 e. The van der Waals surface area contributed by atoms with Crippen molar-refractivity contribution in [3.63, 3.8) is 0 Å². The second kappa shape index (κ2) is 7.08. The van der Waals surface area contributed by atoms with E-state index >= 15 is 0 Å². The molecular weight excluding hydrogens is 292 g/mol. The van der Waals surface area contributed by atoms with Gasteiger partial charge in [0.05, 0.1) is 11.7 Å². The van der Waals surface area contributed by atoms with Crippen LogP contribution in [0.3, 0.4) is 0 Å². The van der Waals surface area contributed by atoms with Crippen molar-refractivity contribution < 1.29 is 9.63 Å². The molecule has 0 spiro atoms. The van der Waals surface area contributed by atoms with Crippen molar-refractivity contribution in [2.24, 2.45) is 0 Å². The average molecular weight is 316 g/mol. The van der Waals surface area contributed by atoms with Crippen LogP contribution in [0.4, 0.5) is 0 Å². The van der Waals surface area contributed by atoms with E-state index in [1.54, 1.807) is 12.1 Å². The van der Waals surface area contributed by atoms with Gasteiger partial charge in [0, 0.05) is 18.2 Å². The Morgan fingerprint density at radius 1 is 1.26 bits per heavy atom. The first kappa shape index (κ1) is 15.9. The largest absolute Gasteiger partial charge is 0.506 e. The summed E-state index contributed by atoms with van der Waals surface area (Å²) >= 11 is 0. The van der Waals surface area contributed by atoms with Crippen LogP contribution in [-0.4, -0.2) is 20.2 Å². The van der Waals surface area contributed by atoms with Crippen LogP contribution < -0.4 is 5.32 Å². The molecule has 0 amide bonds. The second-order valence-electron chi connectivity index (χ2n) is 6.35. The average Bonchev–Trinajstić information content (AvgIpc) is 3.06. The Morgan fingerprint density at radius 2 is 2.04 bits per heavy atom. The molecule has 6 nitrogen and oxygen atoms in total. The van der Waals surface area contributed by atoms with Crippen LogP contribution in [0.15, 0.2) is 16.7 Å². The molecule has 124 valence electrons. The Balaban J connectivity index is 1.61. The molecule has 0 aromatic carbocycles. The SMILES string of the molecule is Cc1ccc(O)c(CNC(C)c2nc(C3CCCCC3)no2)n1. The predicted octanol–water partition coefficient (Wildman–Crippen LogP) is 3.38. The molecule has 3 rings (SSSR count). The molecule has 0 saturated heterocycles. The summed E-state index contributed by atoms with van der Waals surface area (Å²) in [5.74, 6) is 2.07. The van der Waals surface area contributed by atoms with Crippen LogP contribution in [0, 0.1) is 6.92 Å². The van der Waals surface area contributed by atoms with Gasteiger partial charge < -0.3 is 14.9 Å². The van der Waals surface area contributed by atoms with Crippen molar-refractivity contribution in [3.8, 4) is 5.75 Å². The number of hydrogen-bond donors (Lipinski definition) is 2. The molecule has 0 bridgehead atoms. The maximum atomic E-state index is 9.84. The smallest absolute Gasteiger partial charge is 0.243 e. The predicted molar refractivity (Wildman–Crippen MR) is 86.0 cm³/mol. The molecule has 23 heavy (non-hydrogen) atoms. The normalized spacial score (nSPS) is 17.3. The van der Waals surface area contributed by atoms with Crippen LogP contribution in [-0.2, 0) is 6.54 Å². The Kier molecular flexibility index (Phi) is 4.91. The molecule has 1 atom stereocenters. The van der Waals surface area contributed by atoms with Crippen LogP contribution in [0.2, 0.25) is 0 Å². The van der Waals surface area contributed by atoms with Crippen molar-refractivity contribution in [1.29, 1.82) is 0 Å². The molecule has 1 aliphatic carbocycles. The van der Waals surface area contributed by atoms with Gasteiger partial charge in [0.2, 0.25) is 5.89 Å². The van der Waals surface area contributed by atoms with Gasteiger partial charge in [-0.05, 0) is 38.8 Å². The molecule has 1 aliphatic rings. The summed E-state index contributed by atoms with van der Waals surface area (Å²) in [7, 11) is 0. The highest BCUT2D eigenvalue weighted by Gasteiger charge is 2.22. The highest BCUT2D eigenvalue weighted by molar-refractivity contribution is 5.27. The molecule has 2 heterocycles. The number of aryl methyl sites for hydroxylation is 1. The standard InChI is InChI=1S/C17H24N4O2/c1-11-8-9-15(22)14(19-11)10-18-12(2)17-20-16(21-23-17)13-6-4-3-5-7-13/h8-9,12-13,18,22H,3-7,10H2,1-2H3. The lowest BCUT2D eigenvalue weighted by molar-refractivity contribution is 0.328. The molecule has 6 heteroatoms. The van der Waals surface area contributed by atoms with E-state index in [9.17, 15) is 5.11 Å². The van der Waals surface area contributed by atoms with Gasteiger partial charge in [0.25, 0.3) is 0 Å². The summed E-state index contributed by atoms with van der Waals surface area (Å²) in [5.41, 5.74) is 1.51. The van der Waals surface area contributed by atoms with Gasteiger partial charge in [-0.2, -0.15) is 4.98 Å². The summed E-state index contributed by atoms with van der Waals surface area (Å²) in [6.45, 7) is 4.33. The first-order valence-electron chi connectivity index (χ1n) is 8.36. The highest BCUT2D eigenvalue weighted by atomic mass is 16.5. The number of rotatable bonds is 5. The molecule has 2 aromatic heterocycles. The van der Waals surface area contributed by atoms with E-state index in [-0.39, 0.29) is 11.8 Å². The van der Waals surface area contributed by atoms with E-state index in [1.807, 2.05) is 13.8 Å². The zero-order valence-electron chi connectivity index (χ0n) is 13.7. The fourth-order valence-corrected chi connectivity index (χ4v) is 3.02. The number of nitrogens with one attached hydrogen (secondary N) is 1. The zero-order valence-corrected chi connectivity index (χ0v) is 13.7. The Morgan fingerprint density at radius 3 is 2.83 bits per heavy atom. The molecule has 2 aromatic rings. The third kappa shape index (κ3) is 3.88. The quantitative estimate of drug-likeness (QED) is 0.879. The van der Waals surface area contributed by atoms with Crippen molar-refractivity contribution in [1.82, 2.24) is 20.4 Å². The number of nitrogens with zero attached hydrogens (tertiary/aromatic N) is 3. The van der Waals surface area contributed by atoms with E-state index < -0.39 is 0 Å². The minimum atomic E-state index is -0.0819. The van der Waals surface area contributed by atoms with E-state index in [1.165, 1.54) is 19.3 Å². The zero-order chi connectivity index (χ0) is 16.2. The van der Waals surface area contributed by atoms with E-state index in [4.69, 9.17) is 4.52 Å². The topological polar surface area (TPSA) is 84.1 Å². The fraction of sp³-hybridized carbons (Fsp3) is 0.588. The summed E-state index contributed by atoms with van der Waals surface area (Å²) in [5, 5.41) is 17.3. The van der Waals surface area contributed by atoms with Gasteiger partial charge in [-0.15, -0.1) is 0 Å². The maximum Gasteiger partial charge on any atom is 0.243 e. The van der Waals surface area contributed by atoms with Crippen LogP contribution in [0.25, 0.3) is 0 Å². The summed E-state index contributed by atoms with van der Waals surface area (Å²) in [6, 6.07) is 3.37. The first-order valence-corrected chi connectivity index (χ1v) is 8.36. The second-order valence-corrected chi connectivity index (χ2v) is 6.35. The number of aromatic hydroxyl groups is 1. The van der Waals surface area contributed by atoms with E-state index in [0.29, 0.717) is 24.0 Å². The third-order valence-corrected chi connectivity index (χ3v) is 4.46. The van der Waals surface area contributed by atoms with Crippen LogP contribution in [0.1, 0.15) is 74.1 Å². The summed E-state index contributed by atoms with van der Waals surface area (Å²) in [4.78, 5) is 8.90. The van der Waals surface area contributed by atoms with Gasteiger partial charge in [-0.1, -0.05) is 24.4 Å². The lowest BCUT2D eigenvalue weighted by Crippen LogP contribution is -2.19. The molecule has 0 radical (unpaired) electrons. The van der Waals surface area contributed by atoms with Gasteiger partial charge >= 0.3 is 0 Å². The van der Waals surface area contributed by atoms with Crippen LogP contribution in [0.5, 0.6) is 5.75 Å². The third-order valence-electron chi connectivity index (χ3n) is 4.46. The fourth-order valence-electron chi connectivity index (χ4n) is 3.02. The minimum absolute atomic E-state index is 0.0819. The van der Waals surface area contributed by atoms with Gasteiger partial charge in [-0.3, -0.25) is 4.98 Å². The Labute approximate surface area is 136 Å². The van der Waals surface area contributed by atoms with Gasteiger partial charge in [0.1, 0.15) is 5.75 Å². The summed E-state index contributed by atoms with van der Waals surface area (Å²) < 4.78 is 5.42. The highest BCUT2D eigenvalue weighted by Crippen LogP contribution is 2.31. The molecule has 0 aliphatic heterocycles. The molecule has 2 N–H and O–H groups in total. The van der Waals surface area contributed by atoms with Gasteiger partial charge in [0.15, 0.2) is 5.82 Å². The van der Waals surface area contributed by atoms with E-state index in [0.717, 1.165) is 24.4 Å². The van der Waals surface area contributed by atoms with Crippen molar-refractivity contribution in [3.05, 3.63) is 35.2 Å². The number of pyridine rings is 1. The van der Waals surface area contributed by atoms with Crippen molar-refractivity contribution in [2.75, 3.05) is 0 Å². The monoisotopic (exact) mass is 316 g/mol. The molecule has 1 unspecified atom stereocenters. The number of aromatic nitrogens is 3. The van der Waals surface area contributed by atoms with E-state index in [2.05, 4.69) is 20.4 Å². The molecule has 1 fully saturated rings. The van der Waals surface area contributed by atoms with Crippen LogP contribution >= 0.6 is 0 Å².